The molecule has 1 aromatic heterocycles. The monoisotopic (exact) mass is 481 g/mol. The highest BCUT2D eigenvalue weighted by Gasteiger charge is 2.24. The Hall–Kier alpha value is -2.87. The van der Waals surface area contributed by atoms with Gasteiger partial charge in [-0.3, -0.25) is 4.90 Å². The van der Waals surface area contributed by atoms with E-state index in [1.165, 1.54) is 0 Å². The average Bonchev–Trinajstić information content (AvgIpc) is 3.13. The number of benzene rings is 2. The number of nitrogens with zero attached hydrogens (tertiary/aromatic N) is 3. The molecule has 1 heterocycles. The van der Waals surface area contributed by atoms with Crippen molar-refractivity contribution in [2.75, 3.05) is 26.8 Å². The summed E-state index contributed by atoms with van der Waals surface area (Å²) in [6.07, 6.45) is -0.515. The van der Waals surface area contributed by atoms with E-state index in [2.05, 4.69) is 30.9 Å². The summed E-state index contributed by atoms with van der Waals surface area (Å²) < 4.78 is 19.4. The van der Waals surface area contributed by atoms with Crippen LogP contribution >= 0.6 is 0 Å². The maximum atomic E-state index is 10.7. The normalized spacial score (nSPS) is 12.5. The van der Waals surface area contributed by atoms with E-state index in [1.807, 2.05) is 63.4 Å². The molecule has 3 aromatic rings. The molecule has 190 valence electrons. The van der Waals surface area contributed by atoms with Gasteiger partial charge in [-0.05, 0) is 31.9 Å². The van der Waals surface area contributed by atoms with Gasteiger partial charge in [0.15, 0.2) is 11.5 Å². The summed E-state index contributed by atoms with van der Waals surface area (Å²) in [6.45, 7) is 10.5. The third-order valence-electron chi connectivity index (χ3n) is 5.51. The lowest BCUT2D eigenvalue weighted by molar-refractivity contribution is -0.0109. The van der Waals surface area contributed by atoms with Crippen LogP contribution in [0.15, 0.2) is 54.6 Å². The van der Waals surface area contributed by atoms with Gasteiger partial charge in [0.25, 0.3) is 0 Å². The number of hydrogen-bond acceptors (Lipinski definition) is 6. The Bertz CT molecular complexity index is 1050. The fourth-order valence-electron chi connectivity index (χ4n) is 4.06. The number of rotatable bonds is 13. The third-order valence-corrected chi connectivity index (χ3v) is 5.51. The molecule has 0 radical (unpaired) electrons. The Labute approximate surface area is 209 Å². The Morgan fingerprint density at radius 1 is 0.943 bits per heavy atom. The number of methoxy groups -OCH3 is 1. The van der Waals surface area contributed by atoms with Gasteiger partial charge in [0.2, 0.25) is 5.88 Å². The molecule has 2 aromatic carbocycles. The van der Waals surface area contributed by atoms with E-state index in [9.17, 15) is 5.11 Å². The van der Waals surface area contributed by atoms with Crippen molar-refractivity contribution in [2.24, 2.45) is 13.0 Å². The third kappa shape index (κ3) is 7.56. The molecule has 0 unspecified atom stereocenters. The molecule has 0 aliphatic heterocycles. The fourth-order valence-corrected chi connectivity index (χ4v) is 4.06. The van der Waals surface area contributed by atoms with Crippen LogP contribution in [0.5, 0.6) is 17.4 Å². The lowest BCUT2D eigenvalue weighted by atomic mass is 10.1. The second kappa shape index (κ2) is 12.7. The zero-order valence-electron chi connectivity index (χ0n) is 21.8. The minimum absolute atomic E-state index is 0.0760. The molecule has 1 atom stereocenters. The smallest absolute Gasteiger partial charge is 0.222 e. The van der Waals surface area contributed by atoms with Crippen molar-refractivity contribution in [3.63, 3.8) is 0 Å². The maximum absolute atomic E-state index is 10.7. The van der Waals surface area contributed by atoms with Crippen molar-refractivity contribution in [3.05, 3.63) is 60.2 Å². The summed E-state index contributed by atoms with van der Waals surface area (Å²) in [7, 11) is 3.52. The minimum Gasteiger partial charge on any atom is -0.493 e. The van der Waals surface area contributed by atoms with Crippen LogP contribution in [-0.4, -0.2) is 58.8 Å². The van der Waals surface area contributed by atoms with Crippen molar-refractivity contribution < 1.29 is 19.3 Å². The molecule has 0 spiro atoms. The van der Waals surface area contributed by atoms with Crippen LogP contribution in [0.2, 0.25) is 0 Å². The highest BCUT2D eigenvalue weighted by Crippen LogP contribution is 2.37. The van der Waals surface area contributed by atoms with Crippen molar-refractivity contribution in [2.45, 2.75) is 46.4 Å². The molecule has 7 heteroatoms. The summed E-state index contributed by atoms with van der Waals surface area (Å²) in [5.41, 5.74) is 2.84. The topological polar surface area (TPSA) is 69.0 Å². The second-order valence-electron chi connectivity index (χ2n) is 9.50. The largest absolute Gasteiger partial charge is 0.493 e. The van der Waals surface area contributed by atoms with Crippen molar-refractivity contribution in [1.29, 1.82) is 0 Å². The summed E-state index contributed by atoms with van der Waals surface area (Å²) in [5.74, 6) is 2.35. The van der Waals surface area contributed by atoms with Gasteiger partial charge in [-0.2, -0.15) is 5.10 Å². The zero-order chi connectivity index (χ0) is 25.4. The van der Waals surface area contributed by atoms with Crippen molar-refractivity contribution in [3.8, 4) is 28.6 Å². The molecule has 7 nitrogen and oxygen atoms in total. The molecule has 0 bridgehead atoms. The highest BCUT2D eigenvalue weighted by atomic mass is 16.5. The van der Waals surface area contributed by atoms with Crippen LogP contribution in [0, 0.1) is 5.92 Å². The van der Waals surface area contributed by atoms with Crippen LogP contribution in [0.4, 0.5) is 0 Å². The van der Waals surface area contributed by atoms with Gasteiger partial charge in [-0.25, -0.2) is 4.68 Å². The van der Waals surface area contributed by atoms with E-state index in [0.717, 1.165) is 23.4 Å². The fraction of sp³-hybridized carbons (Fsp3) is 0.464. The van der Waals surface area contributed by atoms with Crippen LogP contribution < -0.4 is 9.47 Å². The van der Waals surface area contributed by atoms with Crippen LogP contribution in [0.1, 0.15) is 33.3 Å². The lowest BCUT2D eigenvalue weighted by Gasteiger charge is -2.27. The van der Waals surface area contributed by atoms with Crippen molar-refractivity contribution in [1.82, 2.24) is 14.7 Å². The maximum Gasteiger partial charge on any atom is 0.222 e. The SMILES string of the molecule is COc1ccccc1Oc1c(CN(CC(C)C)C[C@@H](O)COC(C)C)c(-c2ccccc2)nn1C. The predicted molar refractivity (Wildman–Crippen MR) is 139 cm³/mol. The molecule has 35 heavy (non-hydrogen) atoms. The Balaban J connectivity index is 1.99. The van der Waals surface area contributed by atoms with E-state index in [-0.39, 0.29) is 6.10 Å². The predicted octanol–water partition coefficient (Wildman–Crippen LogP) is 5.13. The number of para-hydroxylation sites is 2. The second-order valence-corrected chi connectivity index (χ2v) is 9.50. The van der Waals surface area contributed by atoms with E-state index >= 15 is 0 Å². The molecule has 1 N–H and O–H groups in total. The quantitative estimate of drug-likeness (QED) is 0.365. The summed E-state index contributed by atoms with van der Waals surface area (Å²) >= 11 is 0. The molecular weight excluding hydrogens is 442 g/mol. The first-order valence-corrected chi connectivity index (χ1v) is 12.2. The molecule has 0 fully saturated rings. The number of ether oxygens (including phenoxy) is 3. The number of aliphatic hydroxyl groups is 1. The summed E-state index contributed by atoms with van der Waals surface area (Å²) in [5, 5.41) is 15.5. The van der Waals surface area contributed by atoms with E-state index in [1.54, 1.807) is 11.8 Å². The van der Waals surface area contributed by atoms with Gasteiger partial charge in [-0.15, -0.1) is 0 Å². The Kier molecular flexibility index (Phi) is 9.72. The van der Waals surface area contributed by atoms with Gasteiger partial charge in [0.1, 0.15) is 5.69 Å². The molecule has 0 aliphatic carbocycles. The zero-order valence-corrected chi connectivity index (χ0v) is 21.8. The molecule has 0 saturated heterocycles. The first-order chi connectivity index (χ1) is 16.8. The number of hydrogen-bond donors (Lipinski definition) is 1. The van der Waals surface area contributed by atoms with Gasteiger partial charge in [-0.1, -0.05) is 56.3 Å². The summed E-state index contributed by atoms with van der Waals surface area (Å²) in [6, 6.07) is 17.7. The van der Waals surface area contributed by atoms with Gasteiger partial charge in [0.05, 0.1) is 31.5 Å². The van der Waals surface area contributed by atoms with Crippen LogP contribution in [-0.2, 0) is 18.3 Å². The van der Waals surface area contributed by atoms with Crippen LogP contribution in [0.25, 0.3) is 11.3 Å². The highest BCUT2D eigenvalue weighted by molar-refractivity contribution is 5.66. The van der Waals surface area contributed by atoms with Crippen LogP contribution in [0.3, 0.4) is 0 Å². The molecule has 0 saturated carbocycles. The molecule has 3 rings (SSSR count). The van der Waals surface area contributed by atoms with Crippen molar-refractivity contribution >= 4 is 0 Å². The Morgan fingerprint density at radius 2 is 1.60 bits per heavy atom. The van der Waals surface area contributed by atoms with Gasteiger partial charge < -0.3 is 19.3 Å². The number of aromatic nitrogens is 2. The lowest BCUT2D eigenvalue weighted by Crippen LogP contribution is -2.37. The van der Waals surface area contributed by atoms with E-state index < -0.39 is 6.10 Å². The van der Waals surface area contributed by atoms with E-state index in [4.69, 9.17) is 19.3 Å². The molecule has 0 amide bonds. The standard InChI is InChI=1S/C28H39N3O4/c1-20(2)16-31(17-23(32)19-34-21(3)4)18-24-27(22-12-8-7-9-13-22)29-30(5)28(24)35-26-15-11-10-14-25(26)33-6/h7-15,20-21,23,32H,16-19H2,1-6H3/t23-/m1/s1. The first kappa shape index (κ1) is 26.7. The summed E-state index contributed by atoms with van der Waals surface area (Å²) in [4.78, 5) is 2.25. The van der Waals surface area contributed by atoms with Gasteiger partial charge >= 0.3 is 0 Å². The number of aliphatic hydroxyl groups excluding tert-OH is 1. The first-order valence-electron chi connectivity index (χ1n) is 12.2. The average molecular weight is 482 g/mol. The van der Waals surface area contributed by atoms with Gasteiger partial charge in [0, 0.05) is 32.2 Å². The molecular formula is C28H39N3O4. The minimum atomic E-state index is -0.591. The molecule has 0 aliphatic rings. The number of aryl methyl sites for hydroxylation is 1. The Morgan fingerprint density at radius 3 is 2.23 bits per heavy atom. The van der Waals surface area contributed by atoms with E-state index in [0.29, 0.717) is 43.0 Å².